The Morgan fingerprint density at radius 2 is 1.92 bits per heavy atom. The molecule has 1 aromatic carbocycles. The maximum Gasteiger partial charge on any atom is 0.252 e. The van der Waals surface area contributed by atoms with E-state index in [0.717, 1.165) is 28.5 Å². The number of aromatic nitrogens is 3. The molecule has 0 aliphatic rings. The van der Waals surface area contributed by atoms with Crippen LogP contribution < -0.4 is 5.56 Å². The van der Waals surface area contributed by atoms with Gasteiger partial charge in [0.05, 0.1) is 18.0 Å². The molecule has 0 radical (unpaired) electrons. The van der Waals surface area contributed by atoms with E-state index in [4.69, 9.17) is 9.72 Å². The molecule has 2 aromatic heterocycles. The van der Waals surface area contributed by atoms with Gasteiger partial charge in [0.2, 0.25) is 0 Å². The molecule has 0 aliphatic heterocycles. The normalized spacial score (nSPS) is 11.0. The number of nitrogens with zero attached hydrogens (tertiary/aromatic N) is 3. The van der Waals surface area contributed by atoms with Crippen molar-refractivity contribution in [3.05, 3.63) is 70.0 Å². The molecule has 0 bridgehead atoms. The molecular formula is C20H23N3O2. The van der Waals surface area contributed by atoms with Crippen LogP contribution in [0.25, 0.3) is 16.9 Å². The molecule has 0 unspecified atom stereocenters. The van der Waals surface area contributed by atoms with E-state index in [1.165, 1.54) is 5.56 Å². The maximum absolute atomic E-state index is 12.3. The Labute approximate surface area is 147 Å². The van der Waals surface area contributed by atoms with Gasteiger partial charge in [-0.3, -0.25) is 4.79 Å². The fourth-order valence-electron chi connectivity index (χ4n) is 3.10. The molecule has 130 valence electrons. The van der Waals surface area contributed by atoms with Gasteiger partial charge < -0.3 is 13.9 Å². The molecule has 2 heterocycles. The predicted molar refractivity (Wildman–Crippen MR) is 99.3 cm³/mol. The summed E-state index contributed by atoms with van der Waals surface area (Å²) in [5.74, 6) is 0.864. The van der Waals surface area contributed by atoms with Crippen molar-refractivity contribution in [1.82, 2.24) is 14.1 Å². The zero-order chi connectivity index (χ0) is 18.0. The fourth-order valence-corrected chi connectivity index (χ4v) is 3.10. The molecule has 0 aliphatic carbocycles. The second kappa shape index (κ2) is 7.07. The predicted octanol–water partition coefficient (Wildman–Crippen LogP) is 3.27. The number of ether oxygens (including phenoxy) is 1. The van der Waals surface area contributed by atoms with Crippen molar-refractivity contribution in [3.63, 3.8) is 0 Å². The van der Waals surface area contributed by atoms with Gasteiger partial charge in [-0.1, -0.05) is 23.8 Å². The Balaban J connectivity index is 2.04. The largest absolute Gasteiger partial charge is 0.383 e. The lowest BCUT2D eigenvalue weighted by molar-refractivity contribution is 0.186. The van der Waals surface area contributed by atoms with Crippen LogP contribution >= 0.6 is 0 Å². The minimum absolute atomic E-state index is 0.0424. The molecule has 5 heteroatoms. The Bertz CT molecular complexity index is 954. The van der Waals surface area contributed by atoms with Gasteiger partial charge in [0.25, 0.3) is 5.56 Å². The van der Waals surface area contributed by atoms with E-state index in [-0.39, 0.29) is 5.56 Å². The SMILES string of the molecule is COCCn1ccc(-n2c(C)nc(-c3cccc(C)c3)c2C)cc1=O. The minimum Gasteiger partial charge on any atom is -0.383 e. The van der Waals surface area contributed by atoms with Crippen LogP contribution in [0.3, 0.4) is 0 Å². The van der Waals surface area contributed by atoms with E-state index in [2.05, 4.69) is 25.1 Å². The lowest BCUT2D eigenvalue weighted by atomic mass is 10.1. The van der Waals surface area contributed by atoms with E-state index in [1.54, 1.807) is 17.7 Å². The standard InChI is InChI=1S/C20H23N3O2/c1-14-6-5-7-17(12-14)20-15(2)23(16(3)21-20)18-8-9-22(10-11-25-4)19(24)13-18/h5-9,12-13H,10-11H2,1-4H3. The monoisotopic (exact) mass is 337 g/mol. The molecule has 0 amide bonds. The van der Waals surface area contributed by atoms with Gasteiger partial charge >= 0.3 is 0 Å². The van der Waals surface area contributed by atoms with Gasteiger partial charge in [-0.15, -0.1) is 0 Å². The molecule has 0 fully saturated rings. The van der Waals surface area contributed by atoms with Crippen LogP contribution in [0, 0.1) is 20.8 Å². The van der Waals surface area contributed by atoms with Crippen molar-refractivity contribution in [2.75, 3.05) is 13.7 Å². The van der Waals surface area contributed by atoms with Gasteiger partial charge in [0.1, 0.15) is 5.82 Å². The van der Waals surface area contributed by atoms with E-state index in [9.17, 15) is 4.79 Å². The molecule has 0 N–H and O–H groups in total. The Kier molecular flexibility index (Phi) is 4.86. The maximum atomic E-state index is 12.3. The molecule has 25 heavy (non-hydrogen) atoms. The van der Waals surface area contributed by atoms with Gasteiger partial charge in [0, 0.05) is 37.2 Å². The summed E-state index contributed by atoms with van der Waals surface area (Å²) in [6, 6.07) is 11.9. The van der Waals surface area contributed by atoms with Crippen molar-refractivity contribution in [3.8, 4) is 16.9 Å². The lowest BCUT2D eigenvalue weighted by Gasteiger charge is -2.10. The highest BCUT2D eigenvalue weighted by Crippen LogP contribution is 2.26. The number of rotatable bonds is 5. The van der Waals surface area contributed by atoms with Crippen molar-refractivity contribution >= 4 is 0 Å². The second-order valence-electron chi connectivity index (χ2n) is 6.21. The van der Waals surface area contributed by atoms with Crippen LogP contribution in [0.15, 0.2) is 47.4 Å². The summed E-state index contributed by atoms with van der Waals surface area (Å²) in [6.45, 7) is 7.13. The summed E-state index contributed by atoms with van der Waals surface area (Å²) in [6.07, 6.45) is 1.81. The smallest absolute Gasteiger partial charge is 0.252 e. The highest BCUT2D eigenvalue weighted by atomic mass is 16.5. The number of methoxy groups -OCH3 is 1. The van der Waals surface area contributed by atoms with Crippen molar-refractivity contribution in [2.24, 2.45) is 0 Å². The number of hydrogen-bond acceptors (Lipinski definition) is 3. The van der Waals surface area contributed by atoms with Crippen LogP contribution in [-0.2, 0) is 11.3 Å². The minimum atomic E-state index is -0.0424. The molecule has 0 saturated carbocycles. The highest BCUT2D eigenvalue weighted by Gasteiger charge is 2.14. The average Bonchev–Trinajstić information content (AvgIpc) is 2.88. The first-order valence-corrected chi connectivity index (χ1v) is 8.34. The number of pyridine rings is 1. The summed E-state index contributed by atoms with van der Waals surface area (Å²) < 4.78 is 8.72. The van der Waals surface area contributed by atoms with E-state index < -0.39 is 0 Å². The van der Waals surface area contributed by atoms with Crippen LogP contribution in [0.2, 0.25) is 0 Å². The van der Waals surface area contributed by atoms with Gasteiger partial charge in [-0.2, -0.15) is 0 Å². The van der Waals surface area contributed by atoms with E-state index in [0.29, 0.717) is 13.2 Å². The first kappa shape index (κ1) is 17.2. The third kappa shape index (κ3) is 3.42. The molecule has 3 rings (SSSR count). The van der Waals surface area contributed by atoms with E-state index >= 15 is 0 Å². The molecule has 5 nitrogen and oxygen atoms in total. The van der Waals surface area contributed by atoms with Crippen molar-refractivity contribution in [2.45, 2.75) is 27.3 Å². The first-order chi connectivity index (χ1) is 12.0. The second-order valence-corrected chi connectivity index (χ2v) is 6.21. The summed E-state index contributed by atoms with van der Waals surface area (Å²) in [5.41, 5.74) is 5.05. The van der Waals surface area contributed by atoms with Crippen LogP contribution in [0.1, 0.15) is 17.1 Å². The number of aryl methyl sites for hydroxylation is 2. The molecular weight excluding hydrogens is 314 g/mol. The number of imidazole rings is 1. The van der Waals surface area contributed by atoms with Crippen molar-refractivity contribution < 1.29 is 4.74 Å². The van der Waals surface area contributed by atoms with Crippen molar-refractivity contribution in [1.29, 1.82) is 0 Å². The summed E-state index contributed by atoms with van der Waals surface area (Å²) in [5, 5.41) is 0. The first-order valence-electron chi connectivity index (χ1n) is 8.34. The third-order valence-corrected chi connectivity index (χ3v) is 4.34. The van der Waals surface area contributed by atoms with Gasteiger partial charge in [-0.25, -0.2) is 4.98 Å². The Hall–Kier alpha value is -2.66. The molecule has 0 spiro atoms. The topological polar surface area (TPSA) is 49.0 Å². The molecule has 0 saturated heterocycles. The zero-order valence-corrected chi connectivity index (χ0v) is 15.1. The Morgan fingerprint density at radius 3 is 2.60 bits per heavy atom. The average molecular weight is 337 g/mol. The molecule has 3 aromatic rings. The lowest BCUT2D eigenvalue weighted by Crippen LogP contribution is -2.21. The summed E-state index contributed by atoms with van der Waals surface area (Å²) >= 11 is 0. The van der Waals surface area contributed by atoms with Crippen LogP contribution in [-0.4, -0.2) is 27.8 Å². The summed E-state index contributed by atoms with van der Waals surface area (Å²) in [7, 11) is 1.63. The number of hydrogen-bond donors (Lipinski definition) is 0. The quantitative estimate of drug-likeness (QED) is 0.718. The van der Waals surface area contributed by atoms with Gasteiger partial charge in [-0.05, 0) is 32.9 Å². The summed E-state index contributed by atoms with van der Waals surface area (Å²) in [4.78, 5) is 17.1. The van der Waals surface area contributed by atoms with Gasteiger partial charge in [0.15, 0.2) is 0 Å². The Morgan fingerprint density at radius 1 is 1.12 bits per heavy atom. The number of benzene rings is 1. The zero-order valence-electron chi connectivity index (χ0n) is 15.1. The molecule has 0 atom stereocenters. The van der Waals surface area contributed by atoms with E-state index in [1.807, 2.05) is 36.7 Å². The van der Waals surface area contributed by atoms with Crippen LogP contribution in [0.4, 0.5) is 0 Å². The highest BCUT2D eigenvalue weighted by molar-refractivity contribution is 5.64. The fraction of sp³-hybridized carbons (Fsp3) is 0.300. The third-order valence-electron chi connectivity index (χ3n) is 4.34. The van der Waals surface area contributed by atoms with Crippen LogP contribution in [0.5, 0.6) is 0 Å².